The molecule has 1 aromatic carbocycles. The lowest BCUT2D eigenvalue weighted by molar-refractivity contribution is -0.274. The average Bonchev–Trinajstić information content (AvgIpc) is 3.29. The summed E-state index contributed by atoms with van der Waals surface area (Å²) in [5, 5.41) is 10.2. The molecule has 1 aromatic heterocycles. The van der Waals surface area contributed by atoms with Crippen molar-refractivity contribution < 1.29 is 32.2 Å². The van der Waals surface area contributed by atoms with Gasteiger partial charge in [-0.25, -0.2) is 4.79 Å². The molecular formula is C17H17F3N4O4. The number of aromatic nitrogens is 3. The van der Waals surface area contributed by atoms with Crippen molar-refractivity contribution >= 4 is 11.9 Å². The van der Waals surface area contributed by atoms with E-state index in [2.05, 4.69) is 20.1 Å². The van der Waals surface area contributed by atoms with Crippen LogP contribution in [0.2, 0.25) is 0 Å². The third kappa shape index (κ3) is 4.24. The second kappa shape index (κ2) is 7.87. The van der Waals surface area contributed by atoms with Crippen molar-refractivity contribution in [2.75, 3.05) is 13.2 Å². The van der Waals surface area contributed by atoms with Crippen LogP contribution in [0, 0.1) is 0 Å². The van der Waals surface area contributed by atoms with Gasteiger partial charge in [0.2, 0.25) is 0 Å². The Labute approximate surface area is 157 Å². The summed E-state index contributed by atoms with van der Waals surface area (Å²) in [6, 6.07) is 4.18. The van der Waals surface area contributed by atoms with Gasteiger partial charge in [-0.2, -0.15) is 10.3 Å². The van der Waals surface area contributed by atoms with Gasteiger partial charge in [0.25, 0.3) is 5.91 Å². The first-order valence-electron chi connectivity index (χ1n) is 8.54. The second-order valence-corrected chi connectivity index (χ2v) is 6.01. The number of nitrogens with one attached hydrogen (secondary N) is 1. The molecule has 28 heavy (non-hydrogen) atoms. The maximum Gasteiger partial charge on any atom is 0.573 e. The number of amides is 1. The highest BCUT2D eigenvalue weighted by molar-refractivity contribution is 5.95. The van der Waals surface area contributed by atoms with Crippen LogP contribution in [0.3, 0.4) is 0 Å². The van der Waals surface area contributed by atoms with Crippen LogP contribution >= 0.6 is 0 Å². The molecule has 0 spiro atoms. The predicted molar refractivity (Wildman–Crippen MR) is 88.5 cm³/mol. The first kappa shape index (κ1) is 19.6. The molecule has 8 nitrogen and oxygen atoms in total. The quantitative estimate of drug-likeness (QED) is 0.778. The number of aromatic amines is 1. The standard InChI is InChI=1S/C17H17F3N4O4/c1-2-27-16(26)14-13(21-23-22-14)12-4-3-9-24(12)15(25)10-5-7-11(8-6-10)28-17(18,19)20/h5-8,12H,2-4,9H2,1H3,(H,21,22,23). The van der Waals surface area contributed by atoms with Crippen LogP contribution in [0.15, 0.2) is 24.3 Å². The Morgan fingerprint density at radius 1 is 1.25 bits per heavy atom. The van der Waals surface area contributed by atoms with Crippen molar-refractivity contribution in [3.05, 3.63) is 41.2 Å². The third-order valence-electron chi connectivity index (χ3n) is 4.21. The van der Waals surface area contributed by atoms with Crippen molar-refractivity contribution in [1.29, 1.82) is 0 Å². The molecule has 1 N–H and O–H groups in total. The molecule has 1 fully saturated rings. The molecule has 0 aliphatic carbocycles. The molecule has 11 heteroatoms. The van der Waals surface area contributed by atoms with Crippen molar-refractivity contribution in [1.82, 2.24) is 20.3 Å². The lowest BCUT2D eigenvalue weighted by atomic mass is 10.1. The number of likely N-dealkylation sites (tertiary alicyclic amines) is 1. The number of hydrogen-bond donors (Lipinski definition) is 1. The summed E-state index contributed by atoms with van der Waals surface area (Å²) in [5.41, 5.74) is 0.518. The highest BCUT2D eigenvalue weighted by Gasteiger charge is 2.36. The van der Waals surface area contributed by atoms with Gasteiger partial charge in [0.15, 0.2) is 5.69 Å². The summed E-state index contributed by atoms with van der Waals surface area (Å²) in [4.78, 5) is 26.4. The summed E-state index contributed by atoms with van der Waals surface area (Å²) in [6.45, 7) is 2.25. The zero-order valence-electron chi connectivity index (χ0n) is 14.8. The van der Waals surface area contributed by atoms with Crippen molar-refractivity contribution in [2.24, 2.45) is 0 Å². The smallest absolute Gasteiger partial charge is 0.461 e. The first-order valence-corrected chi connectivity index (χ1v) is 8.54. The molecular weight excluding hydrogens is 381 g/mol. The van der Waals surface area contributed by atoms with E-state index in [0.717, 1.165) is 12.1 Å². The fourth-order valence-corrected chi connectivity index (χ4v) is 3.08. The average molecular weight is 398 g/mol. The summed E-state index contributed by atoms with van der Waals surface area (Å²) < 4.78 is 45.5. The van der Waals surface area contributed by atoms with E-state index < -0.39 is 24.1 Å². The maximum atomic E-state index is 12.8. The molecule has 2 heterocycles. The number of nitrogens with zero attached hydrogens (tertiary/aromatic N) is 3. The van der Waals surface area contributed by atoms with Gasteiger partial charge in [0.1, 0.15) is 11.4 Å². The predicted octanol–water partition coefficient (Wildman–Crippen LogP) is 2.86. The van der Waals surface area contributed by atoms with E-state index in [1.54, 1.807) is 6.92 Å². The second-order valence-electron chi connectivity index (χ2n) is 6.01. The molecule has 0 saturated carbocycles. The molecule has 1 aliphatic heterocycles. The number of esters is 1. The van der Waals surface area contributed by atoms with Gasteiger partial charge in [-0.1, -0.05) is 0 Å². The van der Waals surface area contributed by atoms with E-state index in [1.165, 1.54) is 17.0 Å². The molecule has 0 bridgehead atoms. The minimum atomic E-state index is -4.80. The molecule has 1 saturated heterocycles. The van der Waals surface area contributed by atoms with E-state index >= 15 is 0 Å². The monoisotopic (exact) mass is 398 g/mol. The Morgan fingerprint density at radius 2 is 1.96 bits per heavy atom. The minimum absolute atomic E-state index is 0.0143. The van der Waals surface area contributed by atoms with Crippen LogP contribution in [0.1, 0.15) is 52.3 Å². The number of ether oxygens (including phenoxy) is 2. The Morgan fingerprint density at radius 3 is 2.61 bits per heavy atom. The van der Waals surface area contributed by atoms with Crippen LogP contribution in [0.4, 0.5) is 13.2 Å². The molecule has 150 valence electrons. The lowest BCUT2D eigenvalue weighted by Crippen LogP contribution is -2.31. The Balaban J connectivity index is 1.79. The van der Waals surface area contributed by atoms with Gasteiger partial charge in [0, 0.05) is 12.1 Å². The summed E-state index contributed by atoms with van der Waals surface area (Å²) in [6.07, 6.45) is -3.55. The van der Waals surface area contributed by atoms with Gasteiger partial charge >= 0.3 is 12.3 Å². The van der Waals surface area contributed by atoms with Crippen molar-refractivity contribution in [2.45, 2.75) is 32.2 Å². The minimum Gasteiger partial charge on any atom is -0.461 e. The highest BCUT2D eigenvalue weighted by atomic mass is 19.4. The Bertz CT molecular complexity index is 851. The van der Waals surface area contributed by atoms with Crippen LogP contribution in [0.5, 0.6) is 5.75 Å². The van der Waals surface area contributed by atoms with Gasteiger partial charge in [-0.05, 0) is 44.0 Å². The highest BCUT2D eigenvalue weighted by Crippen LogP contribution is 2.34. The molecule has 1 amide bonds. The van der Waals surface area contributed by atoms with E-state index in [4.69, 9.17) is 4.74 Å². The summed E-state index contributed by atoms with van der Waals surface area (Å²) >= 11 is 0. The van der Waals surface area contributed by atoms with Crippen molar-refractivity contribution in [3.8, 4) is 5.75 Å². The number of alkyl halides is 3. The van der Waals surface area contributed by atoms with E-state index in [0.29, 0.717) is 25.1 Å². The molecule has 1 aliphatic rings. The third-order valence-corrected chi connectivity index (χ3v) is 4.21. The van der Waals surface area contributed by atoms with E-state index in [1.807, 2.05) is 0 Å². The van der Waals surface area contributed by atoms with Crippen LogP contribution in [0.25, 0.3) is 0 Å². The van der Waals surface area contributed by atoms with E-state index in [9.17, 15) is 22.8 Å². The normalized spacial score (nSPS) is 16.9. The number of halogens is 3. The topological polar surface area (TPSA) is 97.4 Å². The summed E-state index contributed by atoms with van der Waals surface area (Å²) in [7, 11) is 0. The number of carbonyl (C=O) groups excluding carboxylic acids is 2. The SMILES string of the molecule is CCOC(=O)c1n[nH]nc1C1CCCN1C(=O)c1ccc(OC(F)(F)F)cc1. The number of benzene rings is 1. The first-order chi connectivity index (χ1) is 13.3. The van der Waals surface area contributed by atoms with Gasteiger partial charge in [-0.3, -0.25) is 4.79 Å². The summed E-state index contributed by atoms with van der Waals surface area (Å²) in [5.74, 6) is -1.44. The van der Waals surface area contributed by atoms with Gasteiger partial charge in [0.05, 0.1) is 12.6 Å². The Kier molecular flexibility index (Phi) is 5.52. The van der Waals surface area contributed by atoms with Crippen LogP contribution < -0.4 is 4.74 Å². The largest absolute Gasteiger partial charge is 0.573 e. The molecule has 1 unspecified atom stereocenters. The lowest BCUT2D eigenvalue weighted by Gasteiger charge is -2.23. The number of hydrogen-bond acceptors (Lipinski definition) is 6. The van der Waals surface area contributed by atoms with Crippen molar-refractivity contribution in [3.63, 3.8) is 0 Å². The fraction of sp³-hybridized carbons (Fsp3) is 0.412. The molecule has 0 radical (unpaired) electrons. The van der Waals surface area contributed by atoms with E-state index in [-0.39, 0.29) is 23.8 Å². The molecule has 1 atom stereocenters. The van der Waals surface area contributed by atoms with Crippen LogP contribution in [-0.4, -0.2) is 51.7 Å². The maximum absolute atomic E-state index is 12.8. The van der Waals surface area contributed by atoms with Crippen LogP contribution in [-0.2, 0) is 4.74 Å². The number of carbonyl (C=O) groups is 2. The zero-order chi connectivity index (χ0) is 20.3. The number of rotatable bonds is 5. The molecule has 2 aromatic rings. The number of H-pyrrole nitrogens is 1. The molecule has 3 rings (SSSR count). The van der Waals surface area contributed by atoms with Gasteiger partial charge in [-0.15, -0.1) is 18.3 Å². The van der Waals surface area contributed by atoms with Gasteiger partial charge < -0.3 is 14.4 Å². The zero-order valence-corrected chi connectivity index (χ0v) is 14.8. The fourth-order valence-electron chi connectivity index (χ4n) is 3.08. The Hall–Kier alpha value is -3.11.